The Bertz CT molecular complexity index is 378. The van der Waals surface area contributed by atoms with Crippen LogP contribution in [0, 0.1) is 5.92 Å². The second-order valence-electron chi connectivity index (χ2n) is 3.45. The molecule has 1 aromatic carbocycles. The summed E-state index contributed by atoms with van der Waals surface area (Å²) in [7, 11) is 0. The summed E-state index contributed by atoms with van der Waals surface area (Å²) in [5, 5.41) is 2.85. The minimum Gasteiger partial charge on any atom is -0.330 e. The maximum atomic E-state index is 11.8. The average molecular weight is 350 g/mol. The lowest BCUT2D eigenvalue weighted by atomic mass is 10.1. The van der Waals surface area contributed by atoms with E-state index >= 15 is 0 Å². The van der Waals surface area contributed by atoms with E-state index in [1.54, 1.807) is 0 Å². The lowest BCUT2D eigenvalue weighted by Gasteiger charge is -2.13. The van der Waals surface area contributed by atoms with E-state index in [-0.39, 0.29) is 11.8 Å². The van der Waals surface area contributed by atoms with Gasteiger partial charge in [-0.1, -0.05) is 22.9 Å². The molecule has 1 aromatic rings. The highest BCUT2D eigenvalue weighted by atomic mass is 79.9. The van der Waals surface area contributed by atoms with Gasteiger partial charge in [-0.15, -0.1) is 0 Å². The summed E-state index contributed by atoms with van der Waals surface area (Å²) in [6, 6.07) is 5.61. The number of halogens is 2. The molecule has 0 aliphatic heterocycles. The van der Waals surface area contributed by atoms with Crippen LogP contribution < -0.4 is 11.1 Å². The number of carbonyl (C=O) groups excluding carboxylic acids is 1. The molecule has 0 radical (unpaired) electrons. The molecule has 16 heavy (non-hydrogen) atoms. The summed E-state index contributed by atoms with van der Waals surface area (Å²) in [6.45, 7) is 2.32. The van der Waals surface area contributed by atoms with Crippen LogP contribution >= 0.6 is 31.9 Å². The van der Waals surface area contributed by atoms with Crippen molar-refractivity contribution in [2.75, 3.05) is 11.9 Å². The SMILES string of the molecule is CCC(CN)C(=O)Nc1ccc(Br)cc1Br. The van der Waals surface area contributed by atoms with Gasteiger partial charge in [0.05, 0.1) is 11.6 Å². The molecule has 0 heterocycles. The van der Waals surface area contributed by atoms with Gasteiger partial charge in [0, 0.05) is 15.5 Å². The number of benzene rings is 1. The molecule has 1 amide bonds. The number of anilines is 1. The molecule has 3 N–H and O–H groups in total. The fourth-order valence-electron chi connectivity index (χ4n) is 1.28. The number of rotatable bonds is 4. The largest absolute Gasteiger partial charge is 0.330 e. The highest BCUT2D eigenvalue weighted by molar-refractivity contribution is 9.11. The fraction of sp³-hybridized carbons (Fsp3) is 0.364. The lowest BCUT2D eigenvalue weighted by molar-refractivity contribution is -0.119. The number of nitrogens with two attached hydrogens (primary N) is 1. The van der Waals surface area contributed by atoms with Gasteiger partial charge >= 0.3 is 0 Å². The number of carbonyl (C=O) groups is 1. The van der Waals surface area contributed by atoms with E-state index in [0.29, 0.717) is 6.54 Å². The molecule has 0 saturated heterocycles. The molecule has 0 bridgehead atoms. The molecular weight excluding hydrogens is 336 g/mol. The second kappa shape index (κ2) is 6.37. The van der Waals surface area contributed by atoms with E-state index < -0.39 is 0 Å². The minimum absolute atomic E-state index is 0.0342. The number of amides is 1. The first-order valence-corrected chi connectivity index (χ1v) is 6.63. The second-order valence-corrected chi connectivity index (χ2v) is 5.22. The van der Waals surface area contributed by atoms with E-state index in [0.717, 1.165) is 21.1 Å². The first-order valence-electron chi connectivity index (χ1n) is 5.04. The smallest absolute Gasteiger partial charge is 0.228 e. The van der Waals surface area contributed by atoms with Gasteiger partial charge in [0.25, 0.3) is 0 Å². The van der Waals surface area contributed by atoms with Crippen molar-refractivity contribution in [1.29, 1.82) is 0 Å². The third-order valence-electron chi connectivity index (χ3n) is 2.34. The quantitative estimate of drug-likeness (QED) is 0.877. The molecule has 3 nitrogen and oxygen atoms in total. The molecule has 0 aliphatic carbocycles. The molecule has 1 unspecified atom stereocenters. The Morgan fingerprint density at radius 2 is 2.19 bits per heavy atom. The summed E-state index contributed by atoms with van der Waals surface area (Å²) < 4.78 is 1.81. The van der Waals surface area contributed by atoms with Gasteiger partial charge in [-0.3, -0.25) is 4.79 Å². The van der Waals surface area contributed by atoms with Crippen LogP contribution in [-0.4, -0.2) is 12.5 Å². The maximum absolute atomic E-state index is 11.8. The minimum atomic E-state index is -0.129. The van der Waals surface area contributed by atoms with Gasteiger partial charge in [0.2, 0.25) is 5.91 Å². The number of nitrogens with one attached hydrogen (secondary N) is 1. The van der Waals surface area contributed by atoms with Crippen molar-refractivity contribution in [1.82, 2.24) is 0 Å². The summed E-state index contributed by atoms with van der Waals surface area (Å²) in [5.74, 6) is -0.163. The highest BCUT2D eigenvalue weighted by Crippen LogP contribution is 2.26. The highest BCUT2D eigenvalue weighted by Gasteiger charge is 2.15. The Balaban J connectivity index is 2.76. The fourth-order valence-corrected chi connectivity index (χ4v) is 2.43. The van der Waals surface area contributed by atoms with Crippen molar-refractivity contribution in [3.05, 3.63) is 27.1 Å². The molecule has 0 spiro atoms. The normalized spacial score (nSPS) is 12.2. The van der Waals surface area contributed by atoms with Crippen LogP contribution in [0.2, 0.25) is 0 Å². The van der Waals surface area contributed by atoms with Crippen molar-refractivity contribution >= 4 is 43.5 Å². The average Bonchev–Trinajstić information content (AvgIpc) is 2.24. The first kappa shape index (κ1) is 13.7. The molecule has 5 heteroatoms. The predicted molar refractivity (Wildman–Crippen MR) is 73.3 cm³/mol. The van der Waals surface area contributed by atoms with Crippen LogP contribution in [-0.2, 0) is 4.79 Å². The topological polar surface area (TPSA) is 55.1 Å². The van der Waals surface area contributed by atoms with Crippen molar-refractivity contribution < 1.29 is 4.79 Å². The van der Waals surface area contributed by atoms with Gasteiger partial charge in [-0.05, 0) is 40.5 Å². The summed E-state index contributed by atoms with van der Waals surface area (Å²) >= 11 is 6.75. The maximum Gasteiger partial charge on any atom is 0.228 e. The Hall–Kier alpha value is -0.390. The molecule has 0 saturated carbocycles. The first-order chi connectivity index (χ1) is 7.58. The zero-order valence-corrected chi connectivity index (χ0v) is 12.1. The Morgan fingerprint density at radius 1 is 1.50 bits per heavy atom. The van der Waals surface area contributed by atoms with E-state index in [2.05, 4.69) is 37.2 Å². The zero-order valence-electron chi connectivity index (χ0n) is 8.97. The zero-order chi connectivity index (χ0) is 12.1. The molecule has 1 atom stereocenters. The van der Waals surface area contributed by atoms with Gasteiger partial charge in [-0.2, -0.15) is 0 Å². The van der Waals surface area contributed by atoms with Crippen molar-refractivity contribution in [3.8, 4) is 0 Å². The monoisotopic (exact) mass is 348 g/mol. The third kappa shape index (κ3) is 3.57. The van der Waals surface area contributed by atoms with E-state index in [4.69, 9.17) is 5.73 Å². The lowest BCUT2D eigenvalue weighted by Crippen LogP contribution is -2.28. The van der Waals surface area contributed by atoms with E-state index in [9.17, 15) is 4.79 Å². The van der Waals surface area contributed by atoms with E-state index in [1.165, 1.54) is 0 Å². The molecule has 0 fully saturated rings. The van der Waals surface area contributed by atoms with Gasteiger partial charge in [-0.25, -0.2) is 0 Å². The standard InChI is InChI=1S/C11H14Br2N2O/c1-2-7(6-14)11(16)15-10-4-3-8(12)5-9(10)13/h3-5,7H,2,6,14H2,1H3,(H,15,16). The van der Waals surface area contributed by atoms with Crippen LogP contribution in [0.15, 0.2) is 27.1 Å². The van der Waals surface area contributed by atoms with Crippen LogP contribution in [0.25, 0.3) is 0 Å². The third-order valence-corrected chi connectivity index (χ3v) is 3.49. The predicted octanol–water partition coefficient (Wildman–Crippen LogP) is 3.14. The van der Waals surface area contributed by atoms with Crippen LogP contribution in [0.5, 0.6) is 0 Å². The summed E-state index contributed by atoms with van der Waals surface area (Å²) in [5.41, 5.74) is 6.28. The molecular formula is C11H14Br2N2O. The molecule has 0 aromatic heterocycles. The van der Waals surface area contributed by atoms with Gasteiger partial charge in [0.1, 0.15) is 0 Å². The van der Waals surface area contributed by atoms with Crippen molar-refractivity contribution in [2.24, 2.45) is 11.7 Å². The van der Waals surface area contributed by atoms with Gasteiger partial charge < -0.3 is 11.1 Å². The Kier molecular flexibility index (Phi) is 5.44. The molecule has 0 aliphatic rings. The summed E-state index contributed by atoms with van der Waals surface area (Å²) in [6.07, 6.45) is 0.747. The van der Waals surface area contributed by atoms with Crippen LogP contribution in [0.1, 0.15) is 13.3 Å². The number of hydrogen-bond donors (Lipinski definition) is 2. The number of hydrogen-bond acceptors (Lipinski definition) is 2. The molecule has 88 valence electrons. The Morgan fingerprint density at radius 3 is 2.69 bits per heavy atom. The van der Waals surface area contributed by atoms with E-state index in [1.807, 2.05) is 25.1 Å². The van der Waals surface area contributed by atoms with Crippen molar-refractivity contribution in [3.63, 3.8) is 0 Å². The Labute approximate surface area is 112 Å². The van der Waals surface area contributed by atoms with Gasteiger partial charge in [0.15, 0.2) is 0 Å². The van der Waals surface area contributed by atoms with Crippen molar-refractivity contribution in [2.45, 2.75) is 13.3 Å². The van der Waals surface area contributed by atoms with Crippen LogP contribution in [0.4, 0.5) is 5.69 Å². The summed E-state index contributed by atoms with van der Waals surface area (Å²) in [4.78, 5) is 11.8. The molecule has 1 rings (SSSR count). The van der Waals surface area contributed by atoms with Crippen LogP contribution in [0.3, 0.4) is 0 Å².